The van der Waals surface area contributed by atoms with Crippen LogP contribution in [0.5, 0.6) is 0 Å². The minimum atomic E-state index is -0.231. The lowest BCUT2D eigenvalue weighted by Crippen LogP contribution is -2.49. The van der Waals surface area contributed by atoms with Crippen LogP contribution in [0.25, 0.3) is 0 Å². The van der Waals surface area contributed by atoms with Gasteiger partial charge in [0.2, 0.25) is 0 Å². The Hall–Kier alpha value is -1.98. The maximum Gasteiger partial charge on any atom is 0.410 e. The number of piperazine rings is 1. The summed E-state index contributed by atoms with van der Waals surface area (Å²) in [6.07, 6.45) is 1.45. The summed E-state index contributed by atoms with van der Waals surface area (Å²) in [5.41, 5.74) is 6.60. The number of ether oxygens (including phenoxy) is 1. The molecule has 0 unspecified atom stereocenters. The van der Waals surface area contributed by atoms with E-state index in [1.165, 1.54) is 0 Å². The highest BCUT2D eigenvalue weighted by atomic mass is 16.6. The van der Waals surface area contributed by atoms with Gasteiger partial charge in [0.25, 0.3) is 0 Å². The molecule has 104 valence electrons. The third kappa shape index (κ3) is 3.49. The summed E-state index contributed by atoms with van der Waals surface area (Å²) in [4.78, 5) is 19.8. The Labute approximate surface area is 113 Å². The number of hydrogen-bond acceptors (Lipinski definition) is 5. The molecule has 6 heteroatoms. The van der Waals surface area contributed by atoms with Crippen molar-refractivity contribution in [2.24, 2.45) is 0 Å². The van der Waals surface area contributed by atoms with Crippen molar-refractivity contribution in [3.05, 3.63) is 18.3 Å². The van der Waals surface area contributed by atoms with Gasteiger partial charge in [-0.2, -0.15) is 0 Å². The SMILES string of the molecule is CC(C)OC(=O)N1CCN(c2ccc(N)nc2)CC1. The highest BCUT2D eigenvalue weighted by molar-refractivity contribution is 5.68. The molecular weight excluding hydrogens is 244 g/mol. The molecule has 19 heavy (non-hydrogen) atoms. The van der Waals surface area contributed by atoms with Crippen molar-refractivity contribution >= 4 is 17.6 Å². The Morgan fingerprint density at radius 1 is 1.32 bits per heavy atom. The Bertz CT molecular complexity index is 425. The van der Waals surface area contributed by atoms with Crippen LogP contribution in [0, 0.1) is 0 Å². The molecule has 0 spiro atoms. The zero-order valence-electron chi connectivity index (χ0n) is 11.4. The van der Waals surface area contributed by atoms with Crippen LogP contribution in [-0.4, -0.2) is 48.3 Å². The van der Waals surface area contributed by atoms with E-state index in [9.17, 15) is 4.79 Å². The van der Waals surface area contributed by atoms with Gasteiger partial charge in [-0.05, 0) is 26.0 Å². The average Bonchev–Trinajstić information content (AvgIpc) is 2.39. The number of nitrogens with two attached hydrogens (primary N) is 1. The van der Waals surface area contributed by atoms with E-state index in [1.54, 1.807) is 17.2 Å². The monoisotopic (exact) mass is 264 g/mol. The van der Waals surface area contributed by atoms with Gasteiger partial charge in [-0.1, -0.05) is 0 Å². The number of carbonyl (C=O) groups excluding carboxylic acids is 1. The second-order valence-corrected chi connectivity index (χ2v) is 4.85. The van der Waals surface area contributed by atoms with Gasteiger partial charge < -0.3 is 20.3 Å². The number of anilines is 2. The average molecular weight is 264 g/mol. The van der Waals surface area contributed by atoms with Crippen molar-refractivity contribution in [3.63, 3.8) is 0 Å². The van der Waals surface area contributed by atoms with E-state index in [1.807, 2.05) is 19.9 Å². The van der Waals surface area contributed by atoms with Crippen LogP contribution in [0.2, 0.25) is 0 Å². The standard InChI is InChI=1S/C13H20N4O2/c1-10(2)19-13(18)17-7-5-16(6-8-17)11-3-4-12(14)15-9-11/h3-4,9-10H,5-8H2,1-2H3,(H2,14,15). The normalized spacial score (nSPS) is 15.7. The lowest BCUT2D eigenvalue weighted by Gasteiger charge is -2.35. The third-order valence-corrected chi connectivity index (χ3v) is 3.01. The number of aromatic nitrogens is 1. The summed E-state index contributed by atoms with van der Waals surface area (Å²) < 4.78 is 5.19. The number of nitrogens with zero attached hydrogens (tertiary/aromatic N) is 3. The molecule has 0 bridgehead atoms. The van der Waals surface area contributed by atoms with Crippen LogP contribution < -0.4 is 10.6 Å². The number of amides is 1. The molecular formula is C13H20N4O2. The second-order valence-electron chi connectivity index (χ2n) is 4.85. The molecule has 1 saturated heterocycles. The first-order valence-electron chi connectivity index (χ1n) is 6.48. The van der Waals surface area contributed by atoms with Crippen LogP contribution in [0.15, 0.2) is 18.3 Å². The number of carbonyl (C=O) groups is 1. The maximum atomic E-state index is 11.8. The molecule has 6 nitrogen and oxygen atoms in total. The van der Waals surface area contributed by atoms with Gasteiger partial charge in [0.1, 0.15) is 5.82 Å². The van der Waals surface area contributed by atoms with Gasteiger partial charge in [-0.3, -0.25) is 0 Å². The largest absolute Gasteiger partial charge is 0.447 e. The minimum absolute atomic E-state index is 0.0770. The zero-order valence-corrected chi connectivity index (χ0v) is 11.4. The van der Waals surface area contributed by atoms with E-state index in [0.717, 1.165) is 18.8 Å². The molecule has 0 aliphatic carbocycles. The Balaban J connectivity index is 1.88. The van der Waals surface area contributed by atoms with Crippen molar-refractivity contribution in [2.75, 3.05) is 36.8 Å². The van der Waals surface area contributed by atoms with E-state index in [4.69, 9.17) is 10.5 Å². The molecule has 0 aromatic carbocycles. The molecule has 0 radical (unpaired) electrons. The van der Waals surface area contributed by atoms with E-state index >= 15 is 0 Å². The summed E-state index contributed by atoms with van der Waals surface area (Å²) in [7, 11) is 0. The second kappa shape index (κ2) is 5.77. The van der Waals surface area contributed by atoms with Gasteiger partial charge in [0, 0.05) is 26.2 Å². The molecule has 2 heterocycles. The lowest BCUT2D eigenvalue weighted by atomic mass is 10.3. The predicted molar refractivity (Wildman–Crippen MR) is 74.1 cm³/mol. The number of pyridine rings is 1. The van der Waals surface area contributed by atoms with Crippen molar-refractivity contribution < 1.29 is 9.53 Å². The lowest BCUT2D eigenvalue weighted by molar-refractivity contribution is 0.0751. The predicted octanol–water partition coefficient (Wildman–Crippen LogP) is 1.33. The summed E-state index contributed by atoms with van der Waals surface area (Å²) in [5.74, 6) is 0.517. The molecule has 0 atom stereocenters. The van der Waals surface area contributed by atoms with Crippen molar-refractivity contribution in [2.45, 2.75) is 20.0 Å². The van der Waals surface area contributed by atoms with E-state index < -0.39 is 0 Å². The minimum Gasteiger partial charge on any atom is -0.447 e. The smallest absolute Gasteiger partial charge is 0.410 e. The summed E-state index contributed by atoms with van der Waals surface area (Å²) in [5, 5.41) is 0. The topological polar surface area (TPSA) is 71.7 Å². The van der Waals surface area contributed by atoms with Gasteiger partial charge >= 0.3 is 6.09 Å². The molecule has 2 N–H and O–H groups in total. The highest BCUT2D eigenvalue weighted by Crippen LogP contribution is 2.16. The van der Waals surface area contributed by atoms with Crippen molar-refractivity contribution in [1.82, 2.24) is 9.88 Å². The summed E-state index contributed by atoms with van der Waals surface area (Å²) in [6.45, 7) is 6.59. The van der Waals surface area contributed by atoms with E-state index in [-0.39, 0.29) is 12.2 Å². The molecule has 0 saturated carbocycles. The zero-order chi connectivity index (χ0) is 13.8. The number of hydrogen-bond donors (Lipinski definition) is 1. The van der Waals surface area contributed by atoms with E-state index in [2.05, 4.69) is 9.88 Å². The first kappa shape index (κ1) is 13.5. The van der Waals surface area contributed by atoms with Crippen LogP contribution in [-0.2, 0) is 4.74 Å². The first-order chi connectivity index (χ1) is 9.06. The Kier molecular flexibility index (Phi) is 4.09. The van der Waals surface area contributed by atoms with Crippen LogP contribution in [0.1, 0.15) is 13.8 Å². The van der Waals surface area contributed by atoms with Crippen LogP contribution in [0.3, 0.4) is 0 Å². The fraction of sp³-hybridized carbons (Fsp3) is 0.538. The van der Waals surface area contributed by atoms with Gasteiger partial charge in [0.05, 0.1) is 18.0 Å². The molecule has 1 aromatic rings. The molecule has 1 aromatic heterocycles. The molecule has 1 aliphatic rings. The van der Waals surface area contributed by atoms with Crippen molar-refractivity contribution in [3.8, 4) is 0 Å². The van der Waals surface area contributed by atoms with Crippen LogP contribution in [0.4, 0.5) is 16.3 Å². The number of nitrogen functional groups attached to an aromatic ring is 1. The Morgan fingerprint density at radius 2 is 2.00 bits per heavy atom. The fourth-order valence-electron chi connectivity index (χ4n) is 2.01. The molecule has 1 amide bonds. The molecule has 1 fully saturated rings. The van der Waals surface area contributed by atoms with Gasteiger partial charge in [-0.25, -0.2) is 9.78 Å². The van der Waals surface area contributed by atoms with Gasteiger partial charge in [-0.15, -0.1) is 0 Å². The summed E-state index contributed by atoms with van der Waals surface area (Å²) in [6, 6.07) is 3.74. The quantitative estimate of drug-likeness (QED) is 0.872. The van der Waals surface area contributed by atoms with Gasteiger partial charge in [0.15, 0.2) is 0 Å². The van der Waals surface area contributed by atoms with Crippen LogP contribution >= 0.6 is 0 Å². The summed E-state index contributed by atoms with van der Waals surface area (Å²) >= 11 is 0. The fourth-order valence-corrected chi connectivity index (χ4v) is 2.01. The highest BCUT2D eigenvalue weighted by Gasteiger charge is 2.22. The molecule has 1 aliphatic heterocycles. The third-order valence-electron chi connectivity index (χ3n) is 3.01. The number of rotatable bonds is 2. The molecule has 2 rings (SSSR count). The van der Waals surface area contributed by atoms with E-state index in [0.29, 0.717) is 18.9 Å². The van der Waals surface area contributed by atoms with Crippen molar-refractivity contribution in [1.29, 1.82) is 0 Å². The Morgan fingerprint density at radius 3 is 2.53 bits per heavy atom. The first-order valence-corrected chi connectivity index (χ1v) is 6.48. The maximum absolute atomic E-state index is 11.8.